The van der Waals surface area contributed by atoms with E-state index in [9.17, 15) is 4.79 Å². The summed E-state index contributed by atoms with van der Waals surface area (Å²) in [7, 11) is 0. The summed E-state index contributed by atoms with van der Waals surface area (Å²) in [4.78, 5) is 12.2. The van der Waals surface area contributed by atoms with Gasteiger partial charge in [0.25, 0.3) is 0 Å². The molecule has 25 heavy (non-hydrogen) atoms. The van der Waals surface area contributed by atoms with Gasteiger partial charge in [0.05, 0.1) is 11.4 Å². The van der Waals surface area contributed by atoms with E-state index in [4.69, 9.17) is 0 Å². The summed E-state index contributed by atoms with van der Waals surface area (Å²) in [5.41, 5.74) is 2.93. The highest BCUT2D eigenvalue weighted by molar-refractivity contribution is 9.10. The second kappa shape index (κ2) is 7.84. The van der Waals surface area contributed by atoms with E-state index in [1.54, 1.807) is 0 Å². The van der Waals surface area contributed by atoms with Gasteiger partial charge in [-0.2, -0.15) is 0 Å². The van der Waals surface area contributed by atoms with E-state index < -0.39 is 0 Å². The highest BCUT2D eigenvalue weighted by Gasteiger charge is 2.14. The molecule has 2 aromatic carbocycles. The molecule has 7 heteroatoms. The van der Waals surface area contributed by atoms with Crippen molar-refractivity contribution in [3.63, 3.8) is 0 Å². The Morgan fingerprint density at radius 3 is 2.56 bits per heavy atom. The molecular weight excluding hydrogens is 400 g/mol. The van der Waals surface area contributed by atoms with Gasteiger partial charge >= 0.3 is 0 Å². The normalized spacial score (nSPS) is 10.7. The van der Waals surface area contributed by atoms with Gasteiger partial charge in [0.1, 0.15) is 5.82 Å². The summed E-state index contributed by atoms with van der Waals surface area (Å²) >= 11 is 4.75. The third kappa shape index (κ3) is 4.29. The number of aryl methyl sites for hydroxylation is 2. The Labute approximate surface area is 159 Å². The Morgan fingerprint density at radius 1 is 1.12 bits per heavy atom. The number of para-hydroxylation sites is 1. The van der Waals surface area contributed by atoms with Crippen molar-refractivity contribution in [2.45, 2.75) is 19.0 Å². The number of nitrogens with zero attached hydrogens (tertiary/aromatic N) is 3. The van der Waals surface area contributed by atoms with E-state index in [0.717, 1.165) is 27.2 Å². The molecule has 128 valence electrons. The quantitative estimate of drug-likeness (QED) is 0.626. The maximum Gasteiger partial charge on any atom is 0.234 e. The van der Waals surface area contributed by atoms with Crippen LogP contribution < -0.4 is 5.32 Å². The molecule has 1 heterocycles. The minimum absolute atomic E-state index is 0.0793. The van der Waals surface area contributed by atoms with Crippen molar-refractivity contribution in [2.75, 3.05) is 11.1 Å². The molecule has 0 aliphatic rings. The van der Waals surface area contributed by atoms with Crippen LogP contribution in [-0.2, 0) is 4.79 Å². The third-order valence-electron chi connectivity index (χ3n) is 3.61. The van der Waals surface area contributed by atoms with Crippen LogP contribution in [0.15, 0.2) is 58.2 Å². The number of nitrogens with one attached hydrogen (secondary N) is 1. The second-order valence-electron chi connectivity index (χ2n) is 5.50. The number of carbonyl (C=O) groups is 1. The van der Waals surface area contributed by atoms with E-state index in [2.05, 4.69) is 31.4 Å². The largest absolute Gasteiger partial charge is 0.325 e. The molecule has 0 radical (unpaired) electrons. The number of thioether (sulfide) groups is 1. The zero-order valence-corrected chi connectivity index (χ0v) is 16.3. The summed E-state index contributed by atoms with van der Waals surface area (Å²) in [6, 6.07) is 15.5. The number of carbonyl (C=O) groups excluding carboxylic acids is 1. The Bertz CT molecular complexity index is 892. The molecule has 0 fully saturated rings. The zero-order chi connectivity index (χ0) is 17.8. The smallest absolute Gasteiger partial charge is 0.234 e. The standard InChI is InChI=1S/C18H17BrN4OS/c1-12-5-3-4-6-16(12)23-13(2)21-22-18(23)25-11-17(24)20-15-9-7-14(19)8-10-15/h3-10H,11H2,1-2H3,(H,20,24). The minimum Gasteiger partial charge on any atom is -0.325 e. The zero-order valence-electron chi connectivity index (χ0n) is 13.9. The lowest BCUT2D eigenvalue weighted by molar-refractivity contribution is -0.113. The van der Waals surface area contributed by atoms with E-state index in [-0.39, 0.29) is 11.7 Å². The van der Waals surface area contributed by atoms with Gasteiger partial charge in [-0.05, 0) is 49.7 Å². The Hall–Kier alpha value is -2.12. The molecule has 0 saturated heterocycles. The Kier molecular flexibility index (Phi) is 5.55. The van der Waals surface area contributed by atoms with E-state index in [1.165, 1.54) is 11.8 Å². The van der Waals surface area contributed by atoms with Crippen LogP contribution in [0.25, 0.3) is 5.69 Å². The first-order valence-corrected chi connectivity index (χ1v) is 9.48. The average molecular weight is 417 g/mol. The first-order chi connectivity index (χ1) is 12.0. The second-order valence-corrected chi connectivity index (χ2v) is 7.35. The van der Waals surface area contributed by atoms with Gasteiger partial charge in [0, 0.05) is 10.2 Å². The van der Waals surface area contributed by atoms with Gasteiger partial charge in [0.2, 0.25) is 5.91 Å². The molecular formula is C18H17BrN4OS. The van der Waals surface area contributed by atoms with Gasteiger partial charge in [-0.1, -0.05) is 45.9 Å². The van der Waals surface area contributed by atoms with Crippen LogP contribution in [0.4, 0.5) is 5.69 Å². The molecule has 1 N–H and O–H groups in total. The van der Waals surface area contributed by atoms with E-state index in [1.807, 2.05) is 66.9 Å². The predicted octanol–water partition coefficient (Wildman–Crippen LogP) is 4.38. The average Bonchev–Trinajstić information content (AvgIpc) is 2.96. The maximum atomic E-state index is 12.2. The van der Waals surface area contributed by atoms with Crippen LogP contribution in [0.5, 0.6) is 0 Å². The first-order valence-electron chi connectivity index (χ1n) is 7.71. The fraction of sp³-hybridized carbons (Fsp3) is 0.167. The number of halogens is 1. The summed E-state index contributed by atoms with van der Waals surface area (Å²) in [6.45, 7) is 3.95. The topological polar surface area (TPSA) is 59.8 Å². The highest BCUT2D eigenvalue weighted by Crippen LogP contribution is 2.24. The van der Waals surface area contributed by atoms with Crippen molar-refractivity contribution in [1.29, 1.82) is 0 Å². The number of aromatic nitrogens is 3. The van der Waals surface area contributed by atoms with Gasteiger partial charge < -0.3 is 5.32 Å². The third-order valence-corrected chi connectivity index (χ3v) is 5.07. The number of anilines is 1. The van der Waals surface area contributed by atoms with Crippen molar-refractivity contribution in [3.05, 3.63) is 64.4 Å². The predicted molar refractivity (Wildman–Crippen MR) is 104 cm³/mol. The van der Waals surface area contributed by atoms with Crippen LogP contribution in [-0.4, -0.2) is 26.4 Å². The molecule has 0 bridgehead atoms. The molecule has 3 rings (SSSR count). The first kappa shape index (κ1) is 17.7. The summed E-state index contributed by atoms with van der Waals surface area (Å²) in [5.74, 6) is 0.981. The number of rotatable bonds is 5. The van der Waals surface area contributed by atoms with Crippen molar-refractivity contribution in [3.8, 4) is 5.69 Å². The lowest BCUT2D eigenvalue weighted by Crippen LogP contribution is -2.14. The van der Waals surface area contributed by atoms with Gasteiger partial charge in [-0.15, -0.1) is 10.2 Å². The highest BCUT2D eigenvalue weighted by atomic mass is 79.9. The maximum absolute atomic E-state index is 12.2. The number of amides is 1. The fourth-order valence-electron chi connectivity index (χ4n) is 2.39. The monoisotopic (exact) mass is 416 g/mol. The summed E-state index contributed by atoms with van der Waals surface area (Å²) in [5, 5.41) is 12.0. The van der Waals surface area contributed by atoms with Crippen molar-refractivity contribution in [1.82, 2.24) is 14.8 Å². The molecule has 3 aromatic rings. The number of hydrogen-bond acceptors (Lipinski definition) is 4. The molecule has 0 aliphatic heterocycles. The molecule has 0 unspecified atom stereocenters. The molecule has 5 nitrogen and oxygen atoms in total. The lowest BCUT2D eigenvalue weighted by Gasteiger charge is -2.11. The number of benzene rings is 2. The molecule has 0 saturated carbocycles. The van der Waals surface area contributed by atoms with Gasteiger partial charge in [-0.25, -0.2) is 0 Å². The molecule has 1 amide bonds. The van der Waals surface area contributed by atoms with Crippen LogP contribution in [0.2, 0.25) is 0 Å². The number of hydrogen-bond donors (Lipinski definition) is 1. The van der Waals surface area contributed by atoms with Crippen LogP contribution in [0, 0.1) is 13.8 Å². The Balaban J connectivity index is 1.71. The Morgan fingerprint density at radius 2 is 1.84 bits per heavy atom. The van der Waals surface area contributed by atoms with Gasteiger partial charge in [-0.3, -0.25) is 9.36 Å². The molecule has 0 spiro atoms. The van der Waals surface area contributed by atoms with Crippen molar-refractivity contribution in [2.24, 2.45) is 0 Å². The van der Waals surface area contributed by atoms with Crippen LogP contribution in [0.1, 0.15) is 11.4 Å². The molecule has 1 aromatic heterocycles. The minimum atomic E-state index is -0.0793. The van der Waals surface area contributed by atoms with Crippen molar-refractivity contribution >= 4 is 39.3 Å². The summed E-state index contributed by atoms with van der Waals surface area (Å²) in [6.07, 6.45) is 0. The lowest BCUT2D eigenvalue weighted by atomic mass is 10.2. The molecule has 0 atom stereocenters. The fourth-order valence-corrected chi connectivity index (χ4v) is 3.44. The summed E-state index contributed by atoms with van der Waals surface area (Å²) < 4.78 is 2.95. The SMILES string of the molecule is Cc1ccccc1-n1c(C)nnc1SCC(=O)Nc1ccc(Br)cc1. The van der Waals surface area contributed by atoms with Crippen LogP contribution >= 0.6 is 27.7 Å². The van der Waals surface area contributed by atoms with Crippen LogP contribution in [0.3, 0.4) is 0 Å². The van der Waals surface area contributed by atoms with Crippen molar-refractivity contribution < 1.29 is 4.79 Å². The molecule has 0 aliphatic carbocycles. The van der Waals surface area contributed by atoms with Gasteiger partial charge in [0.15, 0.2) is 5.16 Å². The van der Waals surface area contributed by atoms with E-state index >= 15 is 0 Å². The van der Waals surface area contributed by atoms with E-state index in [0.29, 0.717) is 5.16 Å².